The molecule has 1 amide bonds. The number of amides is 1. The van der Waals surface area contributed by atoms with Crippen molar-refractivity contribution < 1.29 is 18.9 Å². The first-order chi connectivity index (χ1) is 7.36. The fraction of sp³-hybridized carbons (Fsp3) is 0.800. The molecule has 0 aromatic rings. The molecule has 0 saturated carbocycles. The Morgan fingerprint density at radius 1 is 1.44 bits per heavy atom. The highest BCUT2D eigenvalue weighted by atomic mass is 32.2. The second kappa shape index (κ2) is 7.51. The van der Waals surface area contributed by atoms with Gasteiger partial charge in [0.15, 0.2) is 0 Å². The van der Waals surface area contributed by atoms with Gasteiger partial charge in [0.2, 0.25) is 5.91 Å². The van der Waals surface area contributed by atoms with Gasteiger partial charge in [0.05, 0.1) is 12.0 Å². The summed E-state index contributed by atoms with van der Waals surface area (Å²) < 4.78 is 5.19. The van der Waals surface area contributed by atoms with Gasteiger partial charge in [-0.05, 0) is 32.3 Å². The number of carbonyl (C=O) groups excluding carboxylic acids is 1. The fourth-order valence-corrected chi connectivity index (χ4v) is 1.46. The Balaban J connectivity index is 3.40. The molecule has 0 spiro atoms. The monoisotopic (exact) mass is 249 g/mol. The van der Waals surface area contributed by atoms with Crippen LogP contribution in [0.15, 0.2) is 0 Å². The largest absolute Gasteiger partial charge is 0.481 e. The van der Waals surface area contributed by atoms with E-state index < -0.39 is 11.4 Å². The van der Waals surface area contributed by atoms with Gasteiger partial charge >= 0.3 is 5.97 Å². The van der Waals surface area contributed by atoms with Crippen LogP contribution < -0.4 is 5.32 Å². The molecule has 16 heavy (non-hydrogen) atoms. The lowest BCUT2D eigenvalue weighted by Crippen LogP contribution is -2.28. The molecule has 94 valence electrons. The molecule has 0 saturated heterocycles. The molecule has 0 aromatic heterocycles. The van der Waals surface area contributed by atoms with Crippen molar-refractivity contribution in [2.24, 2.45) is 5.41 Å². The number of carboxylic acid groups (broad SMARTS) is 1. The highest BCUT2D eigenvalue weighted by Gasteiger charge is 2.27. The summed E-state index contributed by atoms with van der Waals surface area (Å²) in [6, 6.07) is 0. The maximum atomic E-state index is 10.7. The first-order valence-electron chi connectivity index (χ1n) is 5.08. The standard InChI is InChI=1S/C10H19NO4S/c1-8(12)11-5-4-6-16-15-7-10(2,3)9(13)14/h4-7H2,1-3H3,(H,11,12)(H,13,14). The van der Waals surface area contributed by atoms with Crippen LogP contribution in [0.3, 0.4) is 0 Å². The third-order valence-electron chi connectivity index (χ3n) is 1.86. The van der Waals surface area contributed by atoms with Crippen molar-refractivity contribution in [3.63, 3.8) is 0 Å². The smallest absolute Gasteiger partial charge is 0.311 e. The first kappa shape index (κ1) is 15.2. The zero-order valence-corrected chi connectivity index (χ0v) is 10.7. The van der Waals surface area contributed by atoms with Gasteiger partial charge in [-0.1, -0.05) is 0 Å². The van der Waals surface area contributed by atoms with Gasteiger partial charge in [-0.3, -0.25) is 9.59 Å². The normalized spacial score (nSPS) is 11.2. The summed E-state index contributed by atoms with van der Waals surface area (Å²) in [6.07, 6.45) is 0.803. The second-order valence-electron chi connectivity index (χ2n) is 4.11. The topological polar surface area (TPSA) is 75.6 Å². The van der Waals surface area contributed by atoms with Crippen LogP contribution in [0.5, 0.6) is 0 Å². The molecular formula is C10H19NO4S. The highest BCUT2D eigenvalue weighted by Crippen LogP contribution is 2.18. The Morgan fingerprint density at radius 3 is 2.56 bits per heavy atom. The number of aliphatic carboxylic acids is 1. The van der Waals surface area contributed by atoms with Gasteiger partial charge in [-0.15, -0.1) is 0 Å². The van der Waals surface area contributed by atoms with Crippen LogP contribution in [-0.2, 0) is 13.8 Å². The predicted octanol–water partition coefficient (Wildman–Crippen LogP) is 1.29. The molecule has 2 N–H and O–H groups in total. The summed E-state index contributed by atoms with van der Waals surface area (Å²) >= 11 is 1.23. The minimum atomic E-state index is -0.869. The highest BCUT2D eigenvalue weighted by molar-refractivity contribution is 7.94. The maximum Gasteiger partial charge on any atom is 0.311 e. The Labute approximate surface area is 100 Å². The zero-order valence-electron chi connectivity index (χ0n) is 9.91. The lowest BCUT2D eigenvalue weighted by Gasteiger charge is -2.17. The molecule has 0 atom stereocenters. The molecule has 0 rings (SSSR count). The average molecular weight is 249 g/mol. The molecule has 0 bridgehead atoms. The molecule has 0 unspecified atom stereocenters. The number of carbonyl (C=O) groups is 2. The van der Waals surface area contributed by atoms with Gasteiger partial charge in [-0.25, -0.2) is 0 Å². The van der Waals surface area contributed by atoms with Gasteiger partial charge in [-0.2, -0.15) is 0 Å². The molecule has 0 fully saturated rings. The molecule has 6 heteroatoms. The quantitative estimate of drug-likeness (QED) is 0.501. The number of rotatable bonds is 8. The summed E-state index contributed by atoms with van der Waals surface area (Å²) in [5, 5.41) is 11.5. The van der Waals surface area contributed by atoms with Crippen molar-refractivity contribution in [2.45, 2.75) is 27.2 Å². The van der Waals surface area contributed by atoms with E-state index in [2.05, 4.69) is 5.32 Å². The van der Waals surface area contributed by atoms with Crippen molar-refractivity contribution in [2.75, 3.05) is 18.9 Å². The lowest BCUT2D eigenvalue weighted by atomic mass is 9.96. The van der Waals surface area contributed by atoms with Crippen LogP contribution in [0.2, 0.25) is 0 Å². The van der Waals surface area contributed by atoms with Crippen LogP contribution in [0.25, 0.3) is 0 Å². The Bertz CT molecular complexity index is 243. The van der Waals surface area contributed by atoms with E-state index in [0.717, 1.165) is 12.2 Å². The first-order valence-corrected chi connectivity index (χ1v) is 5.99. The number of carboxylic acids is 1. The van der Waals surface area contributed by atoms with E-state index in [9.17, 15) is 9.59 Å². The summed E-state index contributed by atoms with van der Waals surface area (Å²) in [5.74, 6) is -0.181. The lowest BCUT2D eigenvalue weighted by molar-refractivity contribution is -0.148. The van der Waals surface area contributed by atoms with Gasteiger partial charge in [0.25, 0.3) is 0 Å². The van der Waals surface area contributed by atoms with Crippen LogP contribution in [0.1, 0.15) is 27.2 Å². The summed E-state index contributed by atoms with van der Waals surface area (Å²) in [4.78, 5) is 21.3. The van der Waals surface area contributed by atoms with E-state index in [1.54, 1.807) is 13.8 Å². The van der Waals surface area contributed by atoms with Crippen molar-refractivity contribution >= 4 is 23.9 Å². The molecule has 0 heterocycles. The molecule has 0 aliphatic carbocycles. The molecule has 0 aliphatic rings. The Kier molecular flexibility index (Phi) is 7.16. The van der Waals surface area contributed by atoms with Crippen LogP contribution in [0.4, 0.5) is 0 Å². The van der Waals surface area contributed by atoms with E-state index in [1.165, 1.54) is 19.0 Å². The molecular weight excluding hydrogens is 230 g/mol. The number of nitrogens with one attached hydrogen (secondary N) is 1. The third-order valence-corrected chi connectivity index (χ3v) is 2.60. The van der Waals surface area contributed by atoms with E-state index in [0.29, 0.717) is 6.54 Å². The van der Waals surface area contributed by atoms with E-state index in [4.69, 9.17) is 9.29 Å². The van der Waals surface area contributed by atoms with Gasteiger partial charge in [0.1, 0.15) is 0 Å². The van der Waals surface area contributed by atoms with Crippen LogP contribution in [-0.4, -0.2) is 35.9 Å². The summed E-state index contributed by atoms with van der Waals surface area (Å²) in [5.41, 5.74) is -0.857. The van der Waals surface area contributed by atoms with Crippen LogP contribution >= 0.6 is 12.0 Å². The van der Waals surface area contributed by atoms with Gasteiger partial charge in [0, 0.05) is 19.2 Å². The summed E-state index contributed by atoms with van der Waals surface area (Å²) in [6.45, 7) is 5.50. The predicted molar refractivity (Wildman–Crippen MR) is 63.1 cm³/mol. The van der Waals surface area contributed by atoms with Gasteiger partial charge < -0.3 is 14.6 Å². The van der Waals surface area contributed by atoms with Crippen molar-refractivity contribution in [3.8, 4) is 0 Å². The number of hydrogen-bond acceptors (Lipinski definition) is 4. The van der Waals surface area contributed by atoms with Crippen LogP contribution in [0, 0.1) is 5.41 Å². The molecule has 5 nitrogen and oxygen atoms in total. The third kappa shape index (κ3) is 7.53. The molecule has 0 aromatic carbocycles. The second-order valence-corrected chi connectivity index (χ2v) is 4.99. The van der Waals surface area contributed by atoms with E-state index in [1.807, 2.05) is 0 Å². The number of hydrogen-bond donors (Lipinski definition) is 2. The fourth-order valence-electron chi connectivity index (χ4n) is 0.705. The minimum absolute atomic E-state index is 0.0436. The SMILES string of the molecule is CC(=O)NCCCSOCC(C)(C)C(=O)O. The van der Waals surface area contributed by atoms with E-state index >= 15 is 0 Å². The van der Waals surface area contributed by atoms with Crippen molar-refractivity contribution in [1.82, 2.24) is 5.32 Å². The Hall–Kier alpha value is -0.750. The summed E-state index contributed by atoms with van der Waals surface area (Å²) in [7, 11) is 0. The Morgan fingerprint density at radius 2 is 2.06 bits per heavy atom. The maximum absolute atomic E-state index is 10.7. The molecule has 0 radical (unpaired) electrons. The minimum Gasteiger partial charge on any atom is -0.481 e. The van der Waals surface area contributed by atoms with Crippen molar-refractivity contribution in [1.29, 1.82) is 0 Å². The average Bonchev–Trinajstić information content (AvgIpc) is 2.15. The molecule has 0 aliphatic heterocycles. The van der Waals surface area contributed by atoms with E-state index in [-0.39, 0.29) is 12.5 Å². The van der Waals surface area contributed by atoms with Crippen molar-refractivity contribution in [3.05, 3.63) is 0 Å². The zero-order chi connectivity index (χ0) is 12.6.